The summed E-state index contributed by atoms with van der Waals surface area (Å²) in [6, 6.07) is 8.84. The van der Waals surface area contributed by atoms with E-state index in [1.54, 1.807) is 0 Å². The maximum atomic E-state index is 11.6. The van der Waals surface area contributed by atoms with Crippen LogP contribution in [-0.4, -0.2) is 51.9 Å². The van der Waals surface area contributed by atoms with E-state index in [4.69, 9.17) is 9.11 Å². The molecule has 4 N–H and O–H groups in total. The molecule has 13 heteroatoms. The molecule has 0 saturated heterocycles. The van der Waals surface area contributed by atoms with Gasteiger partial charge in [0, 0.05) is 0 Å². The topological polar surface area (TPSA) is 184 Å². The summed E-state index contributed by atoms with van der Waals surface area (Å²) in [6.07, 6.45) is 0. The van der Waals surface area contributed by atoms with E-state index in [2.05, 4.69) is 5.10 Å². The summed E-state index contributed by atoms with van der Waals surface area (Å²) in [6.45, 7) is 0. The van der Waals surface area contributed by atoms with E-state index in [-0.39, 0.29) is 16.8 Å². The van der Waals surface area contributed by atoms with Crippen LogP contribution in [0.25, 0.3) is 16.8 Å². The van der Waals surface area contributed by atoms with Gasteiger partial charge >= 0.3 is 5.97 Å². The van der Waals surface area contributed by atoms with Crippen molar-refractivity contribution in [3.05, 3.63) is 54.2 Å². The van der Waals surface area contributed by atoms with Gasteiger partial charge in [0.2, 0.25) is 5.88 Å². The molecule has 11 nitrogen and oxygen atoms in total. The summed E-state index contributed by atoms with van der Waals surface area (Å²) in [7, 11) is -8.90. The number of hydrogen-bond acceptors (Lipinski definition) is 7. The lowest BCUT2D eigenvalue weighted by Crippen LogP contribution is -2.03. The zero-order chi connectivity index (χ0) is 21.6. The maximum absolute atomic E-state index is 11.6. The first-order chi connectivity index (χ1) is 13.4. The van der Waals surface area contributed by atoms with Crippen molar-refractivity contribution in [2.45, 2.75) is 9.79 Å². The molecule has 152 valence electrons. The Labute approximate surface area is 164 Å². The second-order valence-electron chi connectivity index (χ2n) is 5.73. The van der Waals surface area contributed by atoms with Crippen LogP contribution in [0.15, 0.2) is 58.3 Å². The number of benzene rings is 2. The fraction of sp³-hybridized carbons (Fsp3) is 0. The Morgan fingerprint density at radius 1 is 0.828 bits per heavy atom. The van der Waals surface area contributed by atoms with Gasteiger partial charge in [0.05, 0.1) is 21.0 Å². The number of aromatic carboxylic acids is 1. The number of carboxylic acid groups (broad SMARTS) is 1. The van der Waals surface area contributed by atoms with Crippen molar-refractivity contribution < 1.29 is 40.9 Å². The van der Waals surface area contributed by atoms with Gasteiger partial charge in [-0.25, -0.2) is 4.79 Å². The van der Waals surface area contributed by atoms with Gasteiger partial charge in [-0.2, -0.15) is 26.6 Å². The molecule has 2 aromatic carbocycles. The molecule has 0 bridgehead atoms. The number of carbonyl (C=O) groups is 1. The molecule has 0 saturated carbocycles. The summed E-state index contributed by atoms with van der Waals surface area (Å²) < 4.78 is 63.4. The van der Waals surface area contributed by atoms with E-state index >= 15 is 0 Å². The lowest BCUT2D eigenvalue weighted by atomic mass is 10.1. The average Bonchev–Trinajstić information content (AvgIpc) is 2.98. The molecular weight excluding hydrogens is 428 g/mol. The molecular formula is C16H12N2O9S2. The van der Waals surface area contributed by atoms with E-state index in [1.165, 1.54) is 24.3 Å². The third-order valence-corrected chi connectivity index (χ3v) is 5.62. The van der Waals surface area contributed by atoms with Crippen molar-refractivity contribution in [3.63, 3.8) is 0 Å². The summed E-state index contributed by atoms with van der Waals surface area (Å²) in [4.78, 5) is 10.7. The van der Waals surface area contributed by atoms with Crippen LogP contribution < -0.4 is 0 Å². The summed E-state index contributed by atoms with van der Waals surface area (Å²) in [5, 5.41) is 23.7. The van der Waals surface area contributed by atoms with Crippen LogP contribution in [0.5, 0.6) is 5.88 Å². The van der Waals surface area contributed by atoms with Crippen molar-refractivity contribution in [2.75, 3.05) is 0 Å². The molecule has 0 spiro atoms. The molecule has 1 heterocycles. The molecule has 0 fully saturated rings. The maximum Gasteiger partial charge on any atom is 0.357 e. The van der Waals surface area contributed by atoms with E-state index in [0.29, 0.717) is 0 Å². The Bertz CT molecular complexity index is 1310. The van der Waals surface area contributed by atoms with Crippen LogP contribution in [0.1, 0.15) is 10.5 Å². The van der Waals surface area contributed by atoms with Crippen molar-refractivity contribution >= 4 is 26.2 Å². The highest BCUT2D eigenvalue weighted by atomic mass is 32.2. The number of carboxylic acids is 1. The lowest BCUT2D eigenvalue weighted by molar-refractivity contribution is 0.0690. The van der Waals surface area contributed by atoms with Crippen LogP contribution in [0.3, 0.4) is 0 Å². The predicted molar refractivity (Wildman–Crippen MR) is 97.3 cm³/mol. The standard InChI is InChI=1S/C16H12N2O9S2/c19-15-13(9-1-5-11(6-2-9)28(22,23)24)14(16(20)21)17-18(15)10-3-7-12(8-4-10)29(25,26)27/h1-8,19H,(H,20,21)(H,22,23,24)(H,25,26,27). The Balaban J connectivity index is 2.15. The van der Waals surface area contributed by atoms with E-state index in [0.717, 1.165) is 28.9 Å². The van der Waals surface area contributed by atoms with Crippen molar-refractivity contribution in [1.82, 2.24) is 9.78 Å². The number of rotatable bonds is 5. The van der Waals surface area contributed by atoms with Gasteiger partial charge in [0.25, 0.3) is 20.2 Å². The molecule has 3 rings (SSSR count). The van der Waals surface area contributed by atoms with Crippen LogP contribution in [0.4, 0.5) is 0 Å². The smallest absolute Gasteiger partial charge is 0.357 e. The fourth-order valence-electron chi connectivity index (χ4n) is 2.56. The Hall–Kier alpha value is -3.26. The van der Waals surface area contributed by atoms with Crippen molar-refractivity contribution in [2.24, 2.45) is 0 Å². The zero-order valence-electron chi connectivity index (χ0n) is 14.2. The van der Waals surface area contributed by atoms with Crippen LogP contribution in [0.2, 0.25) is 0 Å². The van der Waals surface area contributed by atoms with Crippen molar-refractivity contribution in [3.8, 4) is 22.7 Å². The highest BCUT2D eigenvalue weighted by Crippen LogP contribution is 2.35. The lowest BCUT2D eigenvalue weighted by Gasteiger charge is -2.05. The Morgan fingerprint density at radius 3 is 1.69 bits per heavy atom. The first-order valence-electron chi connectivity index (χ1n) is 7.60. The average molecular weight is 440 g/mol. The molecule has 0 unspecified atom stereocenters. The highest BCUT2D eigenvalue weighted by molar-refractivity contribution is 7.86. The van der Waals surface area contributed by atoms with Gasteiger partial charge in [-0.05, 0) is 42.0 Å². The molecule has 0 radical (unpaired) electrons. The molecule has 0 atom stereocenters. The van der Waals surface area contributed by atoms with Gasteiger partial charge in [0.1, 0.15) is 0 Å². The quantitative estimate of drug-likeness (QED) is 0.423. The first kappa shape index (κ1) is 20.5. The number of nitrogens with zero attached hydrogens (tertiary/aromatic N) is 2. The predicted octanol–water partition coefficient (Wildman–Crippen LogP) is 1.44. The van der Waals surface area contributed by atoms with Crippen LogP contribution in [-0.2, 0) is 20.2 Å². The molecule has 0 aliphatic rings. The fourth-order valence-corrected chi connectivity index (χ4v) is 3.52. The van der Waals surface area contributed by atoms with Gasteiger partial charge in [-0.15, -0.1) is 0 Å². The summed E-state index contributed by atoms with van der Waals surface area (Å²) in [5.74, 6) is -2.09. The van der Waals surface area contributed by atoms with E-state index < -0.39 is 47.6 Å². The van der Waals surface area contributed by atoms with Gasteiger partial charge < -0.3 is 10.2 Å². The molecule has 0 aliphatic carbocycles. The number of aromatic hydroxyl groups is 1. The molecule has 1 aromatic heterocycles. The molecule has 3 aromatic rings. The summed E-state index contributed by atoms with van der Waals surface area (Å²) >= 11 is 0. The summed E-state index contributed by atoms with van der Waals surface area (Å²) in [5.41, 5.74) is -0.578. The van der Waals surface area contributed by atoms with Crippen LogP contribution >= 0.6 is 0 Å². The van der Waals surface area contributed by atoms with E-state index in [1.807, 2.05) is 0 Å². The molecule has 0 amide bonds. The van der Waals surface area contributed by atoms with Crippen molar-refractivity contribution in [1.29, 1.82) is 0 Å². The first-order valence-corrected chi connectivity index (χ1v) is 10.5. The second kappa shape index (κ2) is 6.97. The van der Waals surface area contributed by atoms with Gasteiger partial charge in [0.15, 0.2) is 5.69 Å². The third-order valence-electron chi connectivity index (χ3n) is 3.88. The largest absolute Gasteiger partial charge is 0.493 e. The van der Waals surface area contributed by atoms with Gasteiger partial charge in [-0.1, -0.05) is 12.1 Å². The minimum Gasteiger partial charge on any atom is -0.493 e. The van der Waals surface area contributed by atoms with E-state index in [9.17, 15) is 31.8 Å². The highest BCUT2D eigenvalue weighted by Gasteiger charge is 2.25. The Kier molecular flexibility index (Phi) is 4.92. The minimum absolute atomic E-state index is 0.0956. The SMILES string of the molecule is O=C(O)c1nn(-c2ccc(S(=O)(=O)O)cc2)c(O)c1-c1ccc(S(=O)(=O)O)cc1. The minimum atomic E-state index is -4.46. The van der Waals surface area contributed by atoms with Gasteiger partial charge in [-0.3, -0.25) is 9.11 Å². The monoisotopic (exact) mass is 440 g/mol. The number of aromatic nitrogens is 2. The second-order valence-corrected chi connectivity index (χ2v) is 8.58. The van der Waals surface area contributed by atoms with Crippen LogP contribution in [0, 0.1) is 0 Å². The molecule has 0 aliphatic heterocycles. The number of hydrogen-bond donors (Lipinski definition) is 4. The zero-order valence-corrected chi connectivity index (χ0v) is 15.8. The Morgan fingerprint density at radius 2 is 1.28 bits per heavy atom. The molecule has 29 heavy (non-hydrogen) atoms. The normalized spacial score (nSPS) is 12.1. The third kappa shape index (κ3) is 3.97.